The topological polar surface area (TPSA) is 24.9 Å². The van der Waals surface area contributed by atoms with Gasteiger partial charge >= 0.3 is 0 Å². The Morgan fingerprint density at radius 3 is 1.65 bits per heavy atom. The zero-order chi connectivity index (χ0) is 21.8. The van der Waals surface area contributed by atoms with Crippen LogP contribution < -0.4 is 9.47 Å². The summed E-state index contributed by atoms with van der Waals surface area (Å²) in [5.41, 5.74) is 5.07. The third-order valence-electron chi connectivity index (χ3n) is 6.42. The van der Waals surface area contributed by atoms with Crippen LogP contribution in [0.4, 0.5) is 0 Å². The number of rotatable bonds is 8. The van der Waals surface area contributed by atoms with Gasteiger partial charge in [-0.05, 0) is 59.7 Å². The highest BCUT2D eigenvalue weighted by atomic mass is 32.1. The molecule has 168 valence electrons. The Labute approximate surface area is 197 Å². The van der Waals surface area contributed by atoms with Crippen molar-refractivity contribution in [1.82, 2.24) is 9.80 Å². The second kappa shape index (κ2) is 10.1. The molecule has 0 bridgehead atoms. The lowest BCUT2D eigenvalue weighted by Gasteiger charge is -2.33. The fourth-order valence-electron chi connectivity index (χ4n) is 4.40. The summed E-state index contributed by atoms with van der Waals surface area (Å²) in [7, 11) is 0. The van der Waals surface area contributed by atoms with Gasteiger partial charge in [-0.25, -0.2) is 0 Å². The summed E-state index contributed by atoms with van der Waals surface area (Å²) in [6, 6.07) is 13.4. The van der Waals surface area contributed by atoms with E-state index >= 15 is 0 Å². The minimum atomic E-state index is -0.106. The van der Waals surface area contributed by atoms with Gasteiger partial charge in [-0.2, -0.15) is 25.3 Å². The quantitative estimate of drug-likeness (QED) is 0.547. The van der Waals surface area contributed by atoms with Crippen molar-refractivity contribution in [3.05, 3.63) is 58.7 Å². The van der Waals surface area contributed by atoms with Crippen molar-refractivity contribution in [3.63, 3.8) is 0 Å². The molecule has 31 heavy (non-hydrogen) atoms. The molecule has 2 aliphatic heterocycles. The Morgan fingerprint density at radius 2 is 1.23 bits per heavy atom. The number of fused-ring (bicyclic) bond motifs is 2. The first-order valence-corrected chi connectivity index (χ1v) is 12.5. The fourth-order valence-corrected chi connectivity index (χ4v) is 4.69. The van der Waals surface area contributed by atoms with E-state index in [2.05, 4.69) is 85.3 Å². The average Bonchev–Trinajstić information content (AvgIpc) is 2.80. The standard InChI is InChI=1S/C25H34N2O2S2/c1-25(2,21-5-7-23-19(13-21)15-26(17-28-23)9-3-11-30)22-6-8-24-20(14-22)16-27(18-29-24)10-4-12-31/h5-8,13-14,30-31H,3-4,9-12,15-18H2,1-2H3. The minimum absolute atomic E-state index is 0.106. The second-order valence-electron chi connectivity index (χ2n) is 9.08. The van der Waals surface area contributed by atoms with E-state index < -0.39 is 0 Å². The third kappa shape index (κ3) is 5.19. The summed E-state index contributed by atoms with van der Waals surface area (Å²) < 4.78 is 12.0. The predicted octanol–water partition coefficient (Wildman–Crippen LogP) is 4.96. The number of hydrogen-bond donors (Lipinski definition) is 2. The summed E-state index contributed by atoms with van der Waals surface area (Å²) in [6.45, 7) is 9.85. The Morgan fingerprint density at radius 1 is 0.774 bits per heavy atom. The van der Waals surface area contributed by atoms with Crippen LogP contribution in [0.1, 0.15) is 48.9 Å². The van der Waals surface area contributed by atoms with Crippen LogP contribution in [-0.4, -0.2) is 47.9 Å². The van der Waals surface area contributed by atoms with Crippen LogP contribution in [0, 0.1) is 0 Å². The first kappa shape index (κ1) is 22.8. The first-order valence-electron chi connectivity index (χ1n) is 11.2. The molecule has 0 fully saturated rings. The molecule has 4 rings (SSSR count). The van der Waals surface area contributed by atoms with E-state index in [1.807, 2.05) is 0 Å². The highest BCUT2D eigenvalue weighted by Gasteiger charge is 2.28. The van der Waals surface area contributed by atoms with Gasteiger partial charge in [0, 0.05) is 42.7 Å². The molecule has 0 amide bonds. The van der Waals surface area contributed by atoms with Gasteiger partial charge in [0.05, 0.1) is 0 Å². The van der Waals surface area contributed by atoms with Crippen LogP contribution in [0.5, 0.6) is 11.5 Å². The summed E-state index contributed by atoms with van der Waals surface area (Å²) in [6.07, 6.45) is 2.16. The molecule has 6 heteroatoms. The smallest absolute Gasteiger partial charge is 0.142 e. The van der Waals surface area contributed by atoms with Crippen molar-refractivity contribution in [3.8, 4) is 11.5 Å². The molecule has 2 aromatic rings. The molecule has 0 saturated carbocycles. The zero-order valence-corrected chi connectivity index (χ0v) is 20.4. The highest BCUT2D eigenvalue weighted by Crippen LogP contribution is 2.38. The van der Waals surface area contributed by atoms with Crippen LogP contribution in [0.2, 0.25) is 0 Å². The Hall–Kier alpha value is -1.34. The maximum absolute atomic E-state index is 6.00. The highest BCUT2D eigenvalue weighted by molar-refractivity contribution is 7.80. The molecule has 0 spiro atoms. The van der Waals surface area contributed by atoms with E-state index in [-0.39, 0.29) is 5.41 Å². The van der Waals surface area contributed by atoms with Crippen molar-refractivity contribution in [1.29, 1.82) is 0 Å². The van der Waals surface area contributed by atoms with Crippen LogP contribution >= 0.6 is 25.3 Å². The lowest BCUT2D eigenvalue weighted by molar-refractivity contribution is 0.0956. The van der Waals surface area contributed by atoms with E-state index in [1.165, 1.54) is 22.3 Å². The SMILES string of the molecule is CC(C)(c1ccc2c(c1)CN(CCCS)CO2)c1ccc2c(c1)CN(CCCS)CO2. The summed E-state index contributed by atoms with van der Waals surface area (Å²) in [5, 5.41) is 0. The van der Waals surface area contributed by atoms with Gasteiger partial charge < -0.3 is 9.47 Å². The van der Waals surface area contributed by atoms with Gasteiger partial charge in [-0.15, -0.1) is 0 Å². The van der Waals surface area contributed by atoms with Crippen molar-refractivity contribution < 1.29 is 9.47 Å². The molecule has 2 heterocycles. The van der Waals surface area contributed by atoms with Gasteiger partial charge in [0.15, 0.2) is 0 Å². The van der Waals surface area contributed by atoms with Gasteiger partial charge in [0.1, 0.15) is 25.0 Å². The minimum Gasteiger partial charge on any atom is -0.478 e. The predicted molar refractivity (Wildman–Crippen MR) is 134 cm³/mol. The number of benzene rings is 2. The van der Waals surface area contributed by atoms with E-state index in [1.54, 1.807) is 0 Å². The number of hydrogen-bond acceptors (Lipinski definition) is 6. The normalized spacial score (nSPS) is 16.9. The Kier molecular flexibility index (Phi) is 7.42. The van der Waals surface area contributed by atoms with Crippen LogP contribution in [0.15, 0.2) is 36.4 Å². The maximum Gasteiger partial charge on any atom is 0.142 e. The molecule has 0 radical (unpaired) electrons. The zero-order valence-electron chi connectivity index (χ0n) is 18.6. The maximum atomic E-state index is 6.00. The van der Waals surface area contributed by atoms with E-state index in [0.717, 1.165) is 62.0 Å². The molecule has 0 aliphatic carbocycles. The third-order valence-corrected chi connectivity index (χ3v) is 7.05. The van der Waals surface area contributed by atoms with E-state index in [0.29, 0.717) is 13.5 Å². The molecular formula is C25H34N2O2S2. The van der Waals surface area contributed by atoms with Crippen molar-refractivity contribution in [2.75, 3.05) is 38.1 Å². The molecular weight excluding hydrogens is 424 g/mol. The van der Waals surface area contributed by atoms with Crippen LogP contribution in [-0.2, 0) is 18.5 Å². The second-order valence-corrected chi connectivity index (χ2v) is 9.97. The largest absolute Gasteiger partial charge is 0.478 e. The Balaban J connectivity index is 1.55. The monoisotopic (exact) mass is 458 g/mol. The number of ether oxygens (including phenoxy) is 2. The molecule has 0 atom stereocenters. The van der Waals surface area contributed by atoms with Gasteiger partial charge in [-0.3, -0.25) is 9.80 Å². The lowest BCUT2D eigenvalue weighted by Crippen LogP contribution is -2.33. The Bertz CT molecular complexity index is 832. The molecule has 4 nitrogen and oxygen atoms in total. The summed E-state index contributed by atoms with van der Waals surface area (Å²) in [4.78, 5) is 4.70. The fraction of sp³-hybridized carbons (Fsp3) is 0.520. The van der Waals surface area contributed by atoms with Crippen molar-refractivity contribution in [2.24, 2.45) is 0 Å². The molecule has 2 aliphatic rings. The van der Waals surface area contributed by atoms with Crippen LogP contribution in [0.25, 0.3) is 0 Å². The van der Waals surface area contributed by atoms with Gasteiger partial charge in [-0.1, -0.05) is 26.0 Å². The molecule has 0 aromatic heterocycles. The van der Waals surface area contributed by atoms with Crippen LogP contribution in [0.3, 0.4) is 0 Å². The molecule has 0 N–H and O–H groups in total. The molecule has 0 unspecified atom stereocenters. The number of nitrogens with zero attached hydrogens (tertiary/aromatic N) is 2. The van der Waals surface area contributed by atoms with Crippen molar-refractivity contribution in [2.45, 2.75) is 45.2 Å². The lowest BCUT2D eigenvalue weighted by atomic mass is 9.77. The number of thiol groups is 2. The van der Waals surface area contributed by atoms with E-state index in [4.69, 9.17) is 9.47 Å². The molecule has 0 saturated heterocycles. The van der Waals surface area contributed by atoms with Gasteiger partial charge in [0.2, 0.25) is 0 Å². The first-order chi connectivity index (χ1) is 15.0. The van der Waals surface area contributed by atoms with Gasteiger partial charge in [0.25, 0.3) is 0 Å². The average molecular weight is 459 g/mol. The van der Waals surface area contributed by atoms with E-state index in [9.17, 15) is 0 Å². The summed E-state index contributed by atoms with van der Waals surface area (Å²) in [5.74, 6) is 3.84. The van der Waals surface area contributed by atoms with Crippen molar-refractivity contribution >= 4 is 25.3 Å². The molecule has 2 aromatic carbocycles. The summed E-state index contributed by atoms with van der Waals surface area (Å²) >= 11 is 8.69.